The van der Waals surface area contributed by atoms with Gasteiger partial charge in [0.1, 0.15) is 13.2 Å². The molecule has 2 bridgehead atoms. The molecule has 0 amide bonds. The van der Waals surface area contributed by atoms with Gasteiger partial charge in [-0.1, -0.05) is 48.5 Å². The van der Waals surface area contributed by atoms with Crippen LogP contribution >= 0.6 is 0 Å². The Kier molecular flexibility index (Phi) is 14.1. The minimum Gasteiger partial charge on any atom is -0.487 e. The zero-order valence-electron chi connectivity index (χ0n) is 26.4. The molecule has 0 fully saturated rings. The molecule has 0 heterocycles. The van der Waals surface area contributed by atoms with Crippen LogP contribution in [0.2, 0.25) is 0 Å². The first kappa shape index (κ1) is 34.3. The van der Waals surface area contributed by atoms with Crippen molar-refractivity contribution in [2.45, 2.75) is 11.8 Å². The quantitative estimate of drug-likeness (QED) is 0.0974. The van der Waals surface area contributed by atoms with Gasteiger partial charge < -0.3 is 48.1 Å². The summed E-state index contributed by atoms with van der Waals surface area (Å²) in [7, 11) is 0. The summed E-state index contributed by atoms with van der Waals surface area (Å²) in [6.45, 7) is 5.83. The van der Waals surface area contributed by atoms with E-state index in [-0.39, 0.29) is 25.0 Å². The summed E-state index contributed by atoms with van der Waals surface area (Å²) >= 11 is 0. The summed E-state index contributed by atoms with van der Waals surface area (Å²) in [6.07, 6.45) is 0. The Morgan fingerprint density at radius 1 is 0.370 bits per heavy atom. The molecule has 3 aliphatic rings. The minimum absolute atomic E-state index is 0.00932. The molecule has 46 heavy (non-hydrogen) atoms. The largest absolute Gasteiger partial charge is 0.487 e. The molecule has 3 aromatic carbocycles. The predicted molar refractivity (Wildman–Crippen MR) is 171 cm³/mol. The van der Waals surface area contributed by atoms with Crippen molar-refractivity contribution in [2.75, 3.05) is 106 Å². The van der Waals surface area contributed by atoms with Gasteiger partial charge in [0.05, 0.1) is 92.5 Å². The molecule has 0 atom stereocenters. The van der Waals surface area contributed by atoms with Gasteiger partial charge in [0.15, 0.2) is 11.5 Å². The molecular weight excluding hydrogens is 592 g/mol. The van der Waals surface area contributed by atoms with Crippen LogP contribution in [0.3, 0.4) is 0 Å². The molecule has 10 nitrogen and oxygen atoms in total. The van der Waals surface area contributed by atoms with Gasteiger partial charge in [-0.15, -0.1) is 0 Å². The molecule has 2 N–H and O–H groups in total. The predicted octanol–water partition coefficient (Wildman–Crippen LogP) is 3.52. The molecule has 3 aromatic rings. The first-order valence-electron chi connectivity index (χ1n) is 16.1. The Morgan fingerprint density at radius 2 is 0.652 bits per heavy atom. The van der Waals surface area contributed by atoms with Gasteiger partial charge in [0.25, 0.3) is 0 Å². The highest BCUT2D eigenvalue weighted by Crippen LogP contribution is 2.57. The van der Waals surface area contributed by atoms with Gasteiger partial charge in [-0.05, 0) is 45.5 Å². The normalized spacial score (nSPS) is 15.8. The summed E-state index contributed by atoms with van der Waals surface area (Å²) in [5.41, 5.74) is 7.88. The maximum atomic E-state index is 8.75. The number of ether oxygens (including phenoxy) is 8. The SMILES string of the molecule is OCCOCCOCCOCCOc1cc2c(cc1OCCOCCOCCOCCO)C1c3ccccc3C2c2ccccc21. The Hall–Kier alpha value is -3.06. The number of benzene rings is 3. The molecule has 0 spiro atoms. The molecule has 0 radical (unpaired) electrons. The third-order valence-corrected chi connectivity index (χ3v) is 7.94. The van der Waals surface area contributed by atoms with Crippen LogP contribution in [0, 0.1) is 0 Å². The fourth-order valence-electron chi connectivity index (χ4n) is 6.03. The minimum atomic E-state index is 0.00932. The van der Waals surface area contributed by atoms with Crippen molar-refractivity contribution in [2.24, 2.45) is 0 Å². The average molecular weight is 639 g/mol. The Balaban J connectivity index is 1.19. The van der Waals surface area contributed by atoms with E-state index < -0.39 is 0 Å². The van der Waals surface area contributed by atoms with Crippen molar-refractivity contribution in [1.82, 2.24) is 0 Å². The van der Waals surface area contributed by atoms with Crippen LogP contribution in [-0.2, 0) is 28.4 Å². The number of aliphatic hydroxyl groups excluding tert-OH is 2. The lowest BCUT2D eigenvalue weighted by atomic mass is 9.61. The molecule has 0 saturated heterocycles. The third-order valence-electron chi connectivity index (χ3n) is 7.94. The van der Waals surface area contributed by atoms with Gasteiger partial charge in [-0.2, -0.15) is 0 Å². The third kappa shape index (κ3) is 9.05. The van der Waals surface area contributed by atoms with Gasteiger partial charge in [0.2, 0.25) is 0 Å². The second kappa shape index (κ2) is 18.9. The summed E-state index contributed by atoms with van der Waals surface area (Å²) in [6, 6.07) is 21.8. The highest BCUT2D eigenvalue weighted by Gasteiger charge is 2.41. The van der Waals surface area contributed by atoms with Gasteiger partial charge >= 0.3 is 0 Å². The standard InChI is InChI=1S/C36H46O10/c37-9-11-39-13-15-41-17-19-43-21-23-45-33-25-31-32(26-34(33)46-24-22-44-20-18-42-16-14-40-12-10-38)36-28-6-2-1-5-27(28)35(31)29-7-3-4-8-30(29)36/h1-8,25-26,35-38H,9-24H2. The topological polar surface area (TPSA) is 114 Å². The van der Waals surface area contributed by atoms with Crippen LogP contribution in [0.1, 0.15) is 45.2 Å². The van der Waals surface area contributed by atoms with Crippen molar-refractivity contribution >= 4 is 0 Å². The maximum Gasteiger partial charge on any atom is 0.161 e. The van der Waals surface area contributed by atoms with Crippen LogP contribution < -0.4 is 9.47 Å². The summed E-state index contributed by atoms with van der Waals surface area (Å²) < 4.78 is 45.4. The van der Waals surface area contributed by atoms with Crippen molar-refractivity contribution in [3.8, 4) is 11.5 Å². The van der Waals surface area contributed by atoms with Crippen LogP contribution in [0.25, 0.3) is 0 Å². The fourth-order valence-corrected chi connectivity index (χ4v) is 6.03. The molecular formula is C36H46O10. The molecule has 250 valence electrons. The van der Waals surface area contributed by atoms with E-state index in [0.717, 1.165) is 0 Å². The fraction of sp³-hybridized carbons (Fsp3) is 0.500. The smallest absolute Gasteiger partial charge is 0.161 e. The van der Waals surface area contributed by atoms with Crippen molar-refractivity contribution in [3.63, 3.8) is 0 Å². The Labute approximate surface area is 271 Å². The summed E-state index contributed by atoms with van der Waals surface area (Å²) in [5, 5.41) is 17.5. The second-order valence-corrected chi connectivity index (χ2v) is 10.9. The van der Waals surface area contributed by atoms with Crippen molar-refractivity contribution < 1.29 is 48.1 Å². The van der Waals surface area contributed by atoms with E-state index in [0.29, 0.717) is 104 Å². The first-order valence-corrected chi connectivity index (χ1v) is 16.1. The van der Waals surface area contributed by atoms with Crippen molar-refractivity contribution in [1.29, 1.82) is 0 Å². The lowest BCUT2D eigenvalue weighted by Crippen LogP contribution is -2.27. The average Bonchev–Trinajstić information content (AvgIpc) is 3.09. The Bertz CT molecular complexity index is 1190. The highest BCUT2D eigenvalue weighted by molar-refractivity contribution is 5.70. The number of hydrogen-bond donors (Lipinski definition) is 2. The summed E-state index contributed by atoms with van der Waals surface area (Å²) in [5.74, 6) is 1.65. The van der Waals surface area contributed by atoms with Crippen LogP contribution in [-0.4, -0.2) is 116 Å². The van der Waals surface area contributed by atoms with Crippen LogP contribution in [0.5, 0.6) is 11.5 Å². The van der Waals surface area contributed by atoms with Gasteiger partial charge in [-0.25, -0.2) is 0 Å². The van der Waals surface area contributed by atoms with E-state index in [1.807, 2.05) is 0 Å². The lowest BCUT2D eigenvalue weighted by Gasteiger charge is -2.42. The first-order chi connectivity index (χ1) is 22.8. The number of hydrogen-bond acceptors (Lipinski definition) is 10. The molecule has 3 aliphatic carbocycles. The lowest BCUT2D eigenvalue weighted by molar-refractivity contribution is 0.00238. The molecule has 0 unspecified atom stereocenters. The van der Waals surface area contributed by atoms with E-state index >= 15 is 0 Å². The zero-order valence-corrected chi connectivity index (χ0v) is 26.4. The second-order valence-electron chi connectivity index (χ2n) is 10.9. The van der Waals surface area contributed by atoms with Gasteiger partial charge in [-0.3, -0.25) is 0 Å². The maximum absolute atomic E-state index is 8.75. The Morgan fingerprint density at radius 3 is 0.957 bits per heavy atom. The monoisotopic (exact) mass is 638 g/mol. The molecule has 0 saturated carbocycles. The molecule has 6 rings (SSSR count). The molecule has 0 aromatic heterocycles. The van der Waals surface area contributed by atoms with E-state index in [1.165, 1.54) is 33.4 Å². The van der Waals surface area contributed by atoms with E-state index in [9.17, 15) is 0 Å². The number of rotatable bonds is 24. The van der Waals surface area contributed by atoms with E-state index in [2.05, 4.69) is 60.7 Å². The molecule has 0 aliphatic heterocycles. The van der Waals surface area contributed by atoms with Crippen LogP contribution in [0.15, 0.2) is 60.7 Å². The van der Waals surface area contributed by atoms with E-state index in [1.54, 1.807) is 0 Å². The van der Waals surface area contributed by atoms with Gasteiger partial charge in [0, 0.05) is 11.8 Å². The highest BCUT2D eigenvalue weighted by atomic mass is 16.6. The zero-order chi connectivity index (χ0) is 31.8. The van der Waals surface area contributed by atoms with E-state index in [4.69, 9.17) is 48.1 Å². The number of aliphatic hydroxyl groups is 2. The molecule has 10 heteroatoms. The van der Waals surface area contributed by atoms with Crippen molar-refractivity contribution in [3.05, 3.63) is 94.0 Å². The van der Waals surface area contributed by atoms with Crippen LogP contribution in [0.4, 0.5) is 0 Å². The summed E-state index contributed by atoms with van der Waals surface area (Å²) in [4.78, 5) is 0.